The molecular formula is C15H18FN3OS. The molecule has 1 unspecified atom stereocenters. The van der Waals surface area contributed by atoms with Crippen LogP contribution in [0.3, 0.4) is 0 Å². The van der Waals surface area contributed by atoms with Crippen LogP contribution < -0.4 is 11.1 Å². The van der Waals surface area contributed by atoms with E-state index in [2.05, 4.69) is 10.3 Å². The highest BCUT2D eigenvalue weighted by molar-refractivity contribution is 7.15. The first-order valence-electron chi connectivity index (χ1n) is 6.72. The van der Waals surface area contributed by atoms with Crippen molar-refractivity contribution in [1.82, 2.24) is 4.98 Å². The third-order valence-corrected chi connectivity index (χ3v) is 4.31. The highest BCUT2D eigenvalue weighted by atomic mass is 32.1. The average molecular weight is 307 g/mol. The first-order valence-corrected chi connectivity index (χ1v) is 7.53. The summed E-state index contributed by atoms with van der Waals surface area (Å²) in [4.78, 5) is 17.0. The Labute approximate surface area is 127 Å². The number of amides is 1. The minimum atomic E-state index is -0.260. The number of carbonyl (C=O) groups is 1. The van der Waals surface area contributed by atoms with Crippen LogP contribution in [0.2, 0.25) is 0 Å². The second-order valence-electron chi connectivity index (χ2n) is 4.92. The van der Waals surface area contributed by atoms with E-state index < -0.39 is 0 Å². The summed E-state index contributed by atoms with van der Waals surface area (Å²) in [5, 5.41) is 3.28. The van der Waals surface area contributed by atoms with Crippen molar-refractivity contribution in [3.05, 3.63) is 46.2 Å². The number of hydrogen-bond acceptors (Lipinski definition) is 4. The van der Waals surface area contributed by atoms with Gasteiger partial charge in [0.25, 0.3) is 0 Å². The Morgan fingerprint density at radius 1 is 1.48 bits per heavy atom. The molecule has 3 N–H and O–H groups in total. The number of rotatable bonds is 5. The lowest BCUT2D eigenvalue weighted by atomic mass is 10.1. The number of thiazole rings is 1. The number of aryl methyl sites for hydroxylation is 1. The van der Waals surface area contributed by atoms with Crippen molar-refractivity contribution in [2.75, 3.05) is 11.9 Å². The third-order valence-electron chi connectivity index (χ3n) is 3.23. The summed E-state index contributed by atoms with van der Waals surface area (Å²) in [7, 11) is 0. The van der Waals surface area contributed by atoms with Gasteiger partial charge in [-0.1, -0.05) is 25.1 Å². The Kier molecular flexibility index (Phi) is 5.03. The van der Waals surface area contributed by atoms with Crippen molar-refractivity contribution in [3.63, 3.8) is 0 Å². The predicted molar refractivity (Wildman–Crippen MR) is 82.9 cm³/mol. The lowest BCUT2D eigenvalue weighted by molar-refractivity contribution is -0.119. The minimum absolute atomic E-state index is 0.149. The van der Waals surface area contributed by atoms with E-state index in [1.54, 1.807) is 25.1 Å². The molecule has 112 valence electrons. The molecule has 2 rings (SSSR count). The Hall–Kier alpha value is -1.79. The molecule has 0 aliphatic rings. The molecule has 4 nitrogen and oxygen atoms in total. The van der Waals surface area contributed by atoms with Crippen molar-refractivity contribution in [2.45, 2.75) is 20.3 Å². The van der Waals surface area contributed by atoms with Gasteiger partial charge in [-0.3, -0.25) is 4.79 Å². The van der Waals surface area contributed by atoms with E-state index in [1.807, 2.05) is 6.92 Å². The highest BCUT2D eigenvalue weighted by Crippen LogP contribution is 2.26. The molecule has 0 fully saturated rings. The van der Waals surface area contributed by atoms with Crippen LogP contribution in [-0.4, -0.2) is 17.4 Å². The van der Waals surface area contributed by atoms with Crippen LogP contribution >= 0.6 is 11.3 Å². The van der Waals surface area contributed by atoms with Crippen LogP contribution in [0.1, 0.15) is 23.1 Å². The maximum Gasteiger partial charge on any atom is 0.230 e. The fourth-order valence-electron chi connectivity index (χ4n) is 1.80. The van der Waals surface area contributed by atoms with E-state index in [4.69, 9.17) is 5.73 Å². The molecule has 2 aromatic rings. The van der Waals surface area contributed by atoms with E-state index in [9.17, 15) is 9.18 Å². The summed E-state index contributed by atoms with van der Waals surface area (Å²) in [5.74, 6) is -0.638. The Balaban J connectivity index is 2.13. The van der Waals surface area contributed by atoms with E-state index in [0.29, 0.717) is 17.1 Å². The summed E-state index contributed by atoms with van der Waals surface area (Å²) < 4.78 is 13.7. The molecule has 21 heavy (non-hydrogen) atoms. The molecule has 1 heterocycles. The van der Waals surface area contributed by atoms with Gasteiger partial charge in [0.1, 0.15) is 5.82 Å². The van der Waals surface area contributed by atoms with Gasteiger partial charge in [-0.15, -0.1) is 11.3 Å². The summed E-state index contributed by atoms with van der Waals surface area (Å²) in [5.41, 5.74) is 6.89. The van der Waals surface area contributed by atoms with Crippen molar-refractivity contribution >= 4 is 22.4 Å². The molecule has 0 spiro atoms. The largest absolute Gasteiger partial charge is 0.330 e. The standard InChI is InChI=1S/C15H18FN3OS/c1-9(8-17)14(20)19-15-18-10(2)13(21-15)7-11-5-3-4-6-12(11)16/h3-6,9H,7-8,17H2,1-2H3,(H,18,19,20). The molecule has 0 saturated carbocycles. The molecule has 0 aliphatic carbocycles. The van der Waals surface area contributed by atoms with Crippen molar-refractivity contribution < 1.29 is 9.18 Å². The van der Waals surface area contributed by atoms with Crippen LogP contribution in [0.25, 0.3) is 0 Å². The van der Waals surface area contributed by atoms with Gasteiger partial charge in [0.05, 0.1) is 5.69 Å². The van der Waals surface area contributed by atoms with Gasteiger partial charge >= 0.3 is 0 Å². The van der Waals surface area contributed by atoms with Crippen LogP contribution in [-0.2, 0) is 11.2 Å². The number of benzene rings is 1. The third kappa shape index (κ3) is 3.86. The topological polar surface area (TPSA) is 68.0 Å². The van der Waals surface area contributed by atoms with Crippen LogP contribution in [0.4, 0.5) is 9.52 Å². The molecule has 0 radical (unpaired) electrons. The minimum Gasteiger partial charge on any atom is -0.330 e. The number of halogens is 1. The van der Waals surface area contributed by atoms with Crippen LogP contribution in [0.15, 0.2) is 24.3 Å². The van der Waals surface area contributed by atoms with Gasteiger partial charge in [0, 0.05) is 23.8 Å². The number of hydrogen-bond donors (Lipinski definition) is 2. The molecule has 1 aromatic heterocycles. The summed E-state index contributed by atoms with van der Waals surface area (Å²) in [6.45, 7) is 3.91. The zero-order chi connectivity index (χ0) is 15.4. The number of anilines is 1. The lowest BCUT2D eigenvalue weighted by Gasteiger charge is -2.06. The Bertz CT molecular complexity index is 642. The first kappa shape index (κ1) is 15.6. The predicted octanol–water partition coefficient (Wildman–Crippen LogP) is 2.71. The lowest BCUT2D eigenvalue weighted by Crippen LogP contribution is -2.26. The average Bonchev–Trinajstić information content (AvgIpc) is 2.80. The number of nitrogens with one attached hydrogen (secondary N) is 1. The van der Waals surface area contributed by atoms with Gasteiger partial charge in [0.2, 0.25) is 5.91 Å². The number of nitrogens with two attached hydrogens (primary N) is 1. The monoisotopic (exact) mass is 307 g/mol. The van der Waals surface area contributed by atoms with Gasteiger partial charge in [-0.25, -0.2) is 9.37 Å². The van der Waals surface area contributed by atoms with Crippen molar-refractivity contribution in [1.29, 1.82) is 0 Å². The second-order valence-corrected chi connectivity index (χ2v) is 6.01. The molecule has 0 bridgehead atoms. The zero-order valence-corrected chi connectivity index (χ0v) is 12.8. The summed E-state index contributed by atoms with van der Waals surface area (Å²) >= 11 is 1.37. The maximum absolute atomic E-state index is 13.7. The first-order chi connectivity index (χ1) is 10.0. The fourth-order valence-corrected chi connectivity index (χ4v) is 2.78. The Morgan fingerprint density at radius 2 is 2.19 bits per heavy atom. The Morgan fingerprint density at radius 3 is 2.86 bits per heavy atom. The van der Waals surface area contributed by atoms with E-state index in [-0.39, 0.29) is 24.2 Å². The summed E-state index contributed by atoms with van der Waals surface area (Å²) in [6.07, 6.45) is 0.471. The van der Waals surface area contributed by atoms with Gasteiger partial charge < -0.3 is 11.1 Å². The molecule has 0 aliphatic heterocycles. The molecule has 1 atom stereocenters. The maximum atomic E-state index is 13.7. The summed E-state index contributed by atoms with van der Waals surface area (Å²) in [6, 6.07) is 6.67. The SMILES string of the molecule is Cc1nc(NC(=O)C(C)CN)sc1Cc1ccccc1F. The molecule has 1 amide bonds. The normalized spacial score (nSPS) is 12.2. The molecular weight excluding hydrogens is 289 g/mol. The van der Waals surface area contributed by atoms with Crippen molar-refractivity contribution in [2.24, 2.45) is 11.7 Å². The van der Waals surface area contributed by atoms with Gasteiger partial charge in [-0.05, 0) is 18.6 Å². The van der Waals surface area contributed by atoms with Crippen molar-refractivity contribution in [3.8, 4) is 0 Å². The van der Waals surface area contributed by atoms with E-state index in [0.717, 1.165) is 10.6 Å². The fraction of sp³-hybridized carbons (Fsp3) is 0.333. The smallest absolute Gasteiger partial charge is 0.230 e. The second kappa shape index (κ2) is 6.78. The quantitative estimate of drug-likeness (QED) is 0.892. The highest BCUT2D eigenvalue weighted by Gasteiger charge is 2.15. The van der Waals surface area contributed by atoms with Gasteiger partial charge in [0.15, 0.2) is 5.13 Å². The zero-order valence-electron chi connectivity index (χ0n) is 12.0. The molecule has 6 heteroatoms. The van der Waals surface area contributed by atoms with E-state index >= 15 is 0 Å². The van der Waals surface area contributed by atoms with Crippen LogP contribution in [0, 0.1) is 18.7 Å². The number of nitrogens with zero attached hydrogens (tertiary/aromatic N) is 1. The van der Waals surface area contributed by atoms with Gasteiger partial charge in [-0.2, -0.15) is 0 Å². The number of aromatic nitrogens is 1. The molecule has 0 saturated heterocycles. The molecule has 1 aromatic carbocycles. The van der Waals surface area contributed by atoms with E-state index in [1.165, 1.54) is 17.4 Å². The van der Waals surface area contributed by atoms with Crippen LogP contribution in [0.5, 0.6) is 0 Å². The number of carbonyl (C=O) groups excluding carboxylic acids is 1.